The summed E-state index contributed by atoms with van der Waals surface area (Å²) in [4.78, 5) is 29.6. The van der Waals surface area contributed by atoms with Gasteiger partial charge in [0.25, 0.3) is 5.91 Å². The standard InChI is InChI=1S/C22H26N2O2/c1-16(17-11-7-5-8-12-17)24-19(25)15-23(21(24)22(2,3)4)20(26)18-13-9-6-10-14-18/h5-14,16,21H,15H2,1-4H3/t16-,21+/m1/s1. The smallest absolute Gasteiger partial charge is 0.255 e. The molecule has 0 spiro atoms. The van der Waals surface area contributed by atoms with Gasteiger partial charge in [0.15, 0.2) is 0 Å². The van der Waals surface area contributed by atoms with Crippen molar-refractivity contribution in [1.82, 2.24) is 9.80 Å². The lowest BCUT2D eigenvalue weighted by Crippen LogP contribution is -2.51. The number of amides is 2. The van der Waals surface area contributed by atoms with Crippen LogP contribution < -0.4 is 0 Å². The van der Waals surface area contributed by atoms with Gasteiger partial charge in [-0.05, 0) is 24.6 Å². The van der Waals surface area contributed by atoms with Crippen molar-refractivity contribution >= 4 is 11.8 Å². The number of benzene rings is 2. The molecule has 1 heterocycles. The summed E-state index contributed by atoms with van der Waals surface area (Å²) >= 11 is 0. The second kappa shape index (κ2) is 6.94. The van der Waals surface area contributed by atoms with Gasteiger partial charge in [0.2, 0.25) is 5.91 Å². The molecule has 3 rings (SSSR count). The maximum absolute atomic E-state index is 13.1. The summed E-state index contributed by atoms with van der Waals surface area (Å²) in [6.07, 6.45) is -0.294. The topological polar surface area (TPSA) is 40.6 Å². The second-order valence-corrected chi connectivity index (χ2v) is 7.93. The second-order valence-electron chi connectivity index (χ2n) is 7.93. The van der Waals surface area contributed by atoms with E-state index in [1.807, 2.05) is 60.4 Å². The van der Waals surface area contributed by atoms with Crippen molar-refractivity contribution in [3.63, 3.8) is 0 Å². The molecule has 2 atom stereocenters. The van der Waals surface area contributed by atoms with Crippen LogP contribution >= 0.6 is 0 Å². The molecule has 1 aliphatic heterocycles. The minimum Gasteiger partial charge on any atom is -0.313 e. The fraction of sp³-hybridized carbons (Fsp3) is 0.364. The van der Waals surface area contributed by atoms with Crippen LogP contribution in [0.2, 0.25) is 0 Å². The van der Waals surface area contributed by atoms with E-state index in [2.05, 4.69) is 20.8 Å². The summed E-state index contributed by atoms with van der Waals surface area (Å²) in [7, 11) is 0. The average Bonchev–Trinajstić information content (AvgIpc) is 2.99. The molecule has 1 aliphatic rings. The van der Waals surface area contributed by atoms with E-state index in [0.29, 0.717) is 5.56 Å². The molecule has 26 heavy (non-hydrogen) atoms. The van der Waals surface area contributed by atoms with Crippen molar-refractivity contribution < 1.29 is 9.59 Å². The Labute approximate surface area is 155 Å². The Bertz CT molecular complexity index is 781. The normalized spacial score (nSPS) is 18.9. The zero-order chi connectivity index (χ0) is 18.9. The van der Waals surface area contributed by atoms with Crippen LogP contribution in [0.25, 0.3) is 0 Å². The Morgan fingerprint density at radius 1 is 1.00 bits per heavy atom. The lowest BCUT2D eigenvalue weighted by Gasteiger charge is -2.42. The molecule has 2 aromatic carbocycles. The van der Waals surface area contributed by atoms with Gasteiger partial charge >= 0.3 is 0 Å². The minimum absolute atomic E-state index is 0.00874. The molecule has 4 nitrogen and oxygen atoms in total. The van der Waals surface area contributed by atoms with Gasteiger partial charge in [0, 0.05) is 11.0 Å². The Balaban J connectivity index is 1.98. The molecular formula is C22H26N2O2. The van der Waals surface area contributed by atoms with E-state index in [9.17, 15) is 9.59 Å². The molecule has 136 valence electrons. The Morgan fingerprint density at radius 2 is 1.54 bits per heavy atom. The molecule has 0 aromatic heterocycles. The van der Waals surface area contributed by atoms with Gasteiger partial charge in [0.05, 0.1) is 6.04 Å². The predicted molar refractivity (Wildman–Crippen MR) is 102 cm³/mol. The van der Waals surface area contributed by atoms with Crippen molar-refractivity contribution in [3.8, 4) is 0 Å². The fourth-order valence-corrected chi connectivity index (χ4v) is 3.73. The van der Waals surface area contributed by atoms with Crippen molar-refractivity contribution in [2.75, 3.05) is 6.54 Å². The van der Waals surface area contributed by atoms with E-state index < -0.39 is 0 Å². The Morgan fingerprint density at radius 3 is 2.08 bits per heavy atom. The molecule has 0 aliphatic carbocycles. The van der Waals surface area contributed by atoms with E-state index >= 15 is 0 Å². The van der Waals surface area contributed by atoms with E-state index in [1.54, 1.807) is 17.0 Å². The molecule has 0 bridgehead atoms. The highest BCUT2D eigenvalue weighted by Crippen LogP contribution is 2.38. The summed E-state index contributed by atoms with van der Waals surface area (Å²) in [5.41, 5.74) is 1.42. The maximum Gasteiger partial charge on any atom is 0.255 e. The molecule has 2 aromatic rings. The lowest BCUT2D eigenvalue weighted by atomic mass is 9.89. The van der Waals surface area contributed by atoms with Crippen LogP contribution in [0.1, 0.15) is 49.7 Å². The molecule has 1 fully saturated rings. The summed E-state index contributed by atoms with van der Waals surface area (Å²) in [6.45, 7) is 8.38. The van der Waals surface area contributed by atoms with E-state index in [0.717, 1.165) is 5.56 Å². The van der Waals surface area contributed by atoms with Gasteiger partial charge in [-0.2, -0.15) is 0 Å². The number of nitrogens with zero attached hydrogens (tertiary/aromatic N) is 2. The van der Waals surface area contributed by atoms with Crippen LogP contribution in [-0.4, -0.2) is 34.3 Å². The third-order valence-electron chi connectivity index (χ3n) is 4.91. The average molecular weight is 350 g/mol. The monoisotopic (exact) mass is 350 g/mol. The van der Waals surface area contributed by atoms with Gasteiger partial charge < -0.3 is 9.80 Å². The van der Waals surface area contributed by atoms with Crippen LogP contribution in [0.15, 0.2) is 60.7 Å². The van der Waals surface area contributed by atoms with Crippen LogP contribution in [0.5, 0.6) is 0 Å². The highest BCUT2D eigenvalue weighted by Gasteiger charge is 2.48. The number of hydrogen-bond donors (Lipinski definition) is 0. The molecule has 0 unspecified atom stereocenters. The number of carbonyl (C=O) groups excluding carboxylic acids is 2. The highest BCUT2D eigenvalue weighted by atomic mass is 16.2. The van der Waals surface area contributed by atoms with Crippen LogP contribution in [0.3, 0.4) is 0 Å². The first-order valence-corrected chi connectivity index (χ1v) is 9.03. The Kier molecular flexibility index (Phi) is 4.86. The molecule has 4 heteroatoms. The maximum atomic E-state index is 13.1. The summed E-state index contributed by atoms with van der Waals surface area (Å²) < 4.78 is 0. The van der Waals surface area contributed by atoms with Crippen molar-refractivity contribution in [1.29, 1.82) is 0 Å². The zero-order valence-electron chi connectivity index (χ0n) is 15.8. The lowest BCUT2D eigenvalue weighted by molar-refractivity contribution is -0.132. The SMILES string of the molecule is C[C@H](c1ccccc1)N1C(=O)CN(C(=O)c2ccccc2)[C@@H]1C(C)(C)C. The quantitative estimate of drug-likeness (QED) is 0.836. The van der Waals surface area contributed by atoms with Gasteiger partial charge in [-0.1, -0.05) is 69.3 Å². The first-order chi connectivity index (χ1) is 12.3. The van der Waals surface area contributed by atoms with E-state index in [4.69, 9.17) is 0 Å². The number of hydrogen-bond acceptors (Lipinski definition) is 2. The number of carbonyl (C=O) groups is 2. The molecule has 1 saturated heterocycles. The van der Waals surface area contributed by atoms with Crippen molar-refractivity contribution in [2.45, 2.75) is 39.9 Å². The first-order valence-electron chi connectivity index (χ1n) is 9.03. The van der Waals surface area contributed by atoms with Gasteiger partial charge in [-0.25, -0.2) is 0 Å². The Hall–Kier alpha value is -2.62. The van der Waals surface area contributed by atoms with Crippen molar-refractivity contribution in [2.24, 2.45) is 5.41 Å². The van der Waals surface area contributed by atoms with Crippen LogP contribution in [0, 0.1) is 5.41 Å². The van der Waals surface area contributed by atoms with Crippen molar-refractivity contribution in [3.05, 3.63) is 71.8 Å². The summed E-state index contributed by atoms with van der Waals surface area (Å²) in [5, 5.41) is 0. The van der Waals surface area contributed by atoms with Gasteiger partial charge in [-0.3, -0.25) is 9.59 Å². The molecule has 2 amide bonds. The number of rotatable bonds is 3. The zero-order valence-corrected chi connectivity index (χ0v) is 15.8. The third kappa shape index (κ3) is 3.36. The highest BCUT2D eigenvalue weighted by molar-refractivity contribution is 5.98. The third-order valence-corrected chi connectivity index (χ3v) is 4.91. The minimum atomic E-state index is -0.294. The van der Waals surface area contributed by atoms with Gasteiger partial charge in [0.1, 0.15) is 12.7 Å². The molecule has 0 radical (unpaired) electrons. The first kappa shape index (κ1) is 18.2. The summed E-state index contributed by atoms with van der Waals surface area (Å²) in [5.74, 6) is -0.104. The molecular weight excluding hydrogens is 324 g/mol. The molecule has 0 saturated carbocycles. The largest absolute Gasteiger partial charge is 0.313 e. The van der Waals surface area contributed by atoms with Gasteiger partial charge in [-0.15, -0.1) is 0 Å². The van der Waals surface area contributed by atoms with Crippen LogP contribution in [-0.2, 0) is 4.79 Å². The molecule has 0 N–H and O–H groups in total. The predicted octanol–water partition coefficient (Wildman–Crippen LogP) is 4.10. The summed E-state index contributed by atoms with van der Waals surface area (Å²) in [6, 6.07) is 19.1. The van der Waals surface area contributed by atoms with E-state index in [1.165, 1.54) is 0 Å². The fourth-order valence-electron chi connectivity index (χ4n) is 3.73. The van der Waals surface area contributed by atoms with Crippen LogP contribution in [0.4, 0.5) is 0 Å². The van der Waals surface area contributed by atoms with E-state index in [-0.39, 0.29) is 36.0 Å².